The van der Waals surface area contributed by atoms with E-state index in [4.69, 9.17) is 45.8 Å². The molecule has 0 aliphatic rings. The largest absolute Gasteiger partial charge is 0.455 e. The third-order valence-electron chi connectivity index (χ3n) is 3.03. The van der Waals surface area contributed by atoms with E-state index in [-0.39, 0.29) is 38.7 Å². The summed E-state index contributed by atoms with van der Waals surface area (Å²) in [6.45, 7) is 0.0480. The van der Waals surface area contributed by atoms with Crippen molar-refractivity contribution in [2.75, 3.05) is 41.3 Å². The lowest BCUT2D eigenvalue weighted by Gasteiger charge is -2.36. The molecule has 0 bridgehead atoms. The standard InChI is InChI=1S/C12H27N3O7/c1-17-6-9(21-14)4-12(16,10(22-15)7-18-2)5-11(13)20-8-19-3/h9-10,13,16H,4-8,14-15H2,1-3H3. The molecule has 0 fully saturated rings. The molecule has 0 saturated heterocycles. The van der Waals surface area contributed by atoms with Crippen molar-refractivity contribution in [2.24, 2.45) is 11.8 Å². The normalized spacial score (nSPS) is 16.8. The predicted molar refractivity (Wildman–Crippen MR) is 76.7 cm³/mol. The highest BCUT2D eigenvalue weighted by Gasteiger charge is 2.42. The minimum absolute atomic E-state index is 0.00128. The van der Waals surface area contributed by atoms with Gasteiger partial charge in [-0.25, -0.2) is 11.8 Å². The Bertz CT molecular complexity index is 308. The van der Waals surface area contributed by atoms with Crippen molar-refractivity contribution in [3.8, 4) is 0 Å². The molecule has 3 atom stereocenters. The van der Waals surface area contributed by atoms with Crippen LogP contribution in [0, 0.1) is 5.41 Å². The van der Waals surface area contributed by atoms with Crippen molar-refractivity contribution in [2.45, 2.75) is 30.7 Å². The molecule has 0 aliphatic carbocycles. The molecule has 0 aromatic carbocycles. The third-order valence-corrected chi connectivity index (χ3v) is 3.03. The minimum Gasteiger partial charge on any atom is -0.455 e. The van der Waals surface area contributed by atoms with Crippen LogP contribution in [0.4, 0.5) is 0 Å². The van der Waals surface area contributed by atoms with Crippen LogP contribution in [-0.2, 0) is 28.6 Å². The molecule has 0 spiro atoms. The Morgan fingerprint density at radius 1 is 1.09 bits per heavy atom. The van der Waals surface area contributed by atoms with E-state index in [0.717, 1.165) is 0 Å². The molecule has 0 aromatic heterocycles. The number of ether oxygens (including phenoxy) is 4. The van der Waals surface area contributed by atoms with Crippen LogP contribution in [0.1, 0.15) is 12.8 Å². The first-order valence-electron chi connectivity index (χ1n) is 6.57. The molecule has 0 amide bonds. The molecular weight excluding hydrogens is 298 g/mol. The Hall–Kier alpha value is -0.850. The first-order valence-corrected chi connectivity index (χ1v) is 6.57. The lowest BCUT2D eigenvalue weighted by molar-refractivity contribution is -0.157. The summed E-state index contributed by atoms with van der Waals surface area (Å²) in [5.74, 6) is 10.2. The lowest BCUT2D eigenvalue weighted by Crippen LogP contribution is -2.52. The third kappa shape index (κ3) is 7.42. The Kier molecular flexibility index (Phi) is 11.2. The van der Waals surface area contributed by atoms with E-state index < -0.39 is 17.8 Å². The maximum atomic E-state index is 10.9. The van der Waals surface area contributed by atoms with Gasteiger partial charge in [-0.3, -0.25) is 15.1 Å². The van der Waals surface area contributed by atoms with Crippen LogP contribution in [-0.4, -0.2) is 70.1 Å². The second-order valence-corrected chi connectivity index (χ2v) is 4.75. The predicted octanol–water partition coefficient (Wildman–Crippen LogP) is -1.09. The molecule has 0 rings (SSSR count). The molecule has 10 nitrogen and oxygen atoms in total. The molecule has 0 radical (unpaired) electrons. The summed E-state index contributed by atoms with van der Waals surface area (Å²) in [7, 11) is 4.33. The molecule has 10 heteroatoms. The highest BCUT2D eigenvalue weighted by atomic mass is 16.7. The topological polar surface area (TPSA) is 152 Å². The molecule has 0 saturated carbocycles. The van der Waals surface area contributed by atoms with E-state index in [1.54, 1.807) is 0 Å². The average Bonchev–Trinajstić information content (AvgIpc) is 2.49. The lowest BCUT2D eigenvalue weighted by atomic mass is 9.86. The van der Waals surface area contributed by atoms with Crippen LogP contribution in [0.3, 0.4) is 0 Å². The van der Waals surface area contributed by atoms with E-state index in [1.807, 2.05) is 0 Å². The first-order chi connectivity index (χ1) is 10.5. The van der Waals surface area contributed by atoms with Gasteiger partial charge in [-0.15, -0.1) is 0 Å². The molecule has 6 N–H and O–H groups in total. The Labute approximate surface area is 130 Å². The SMILES string of the molecule is COCOC(=N)CC(O)(CC(COC)ON)C(COC)ON. The van der Waals surface area contributed by atoms with Crippen LogP contribution in [0.25, 0.3) is 0 Å². The van der Waals surface area contributed by atoms with E-state index in [1.165, 1.54) is 21.3 Å². The zero-order valence-corrected chi connectivity index (χ0v) is 13.2. The number of methoxy groups -OCH3 is 3. The number of nitrogens with two attached hydrogens (primary N) is 2. The summed E-state index contributed by atoms with van der Waals surface area (Å²) in [5.41, 5.74) is -1.60. The molecule has 0 aromatic rings. The molecule has 0 heterocycles. The average molecular weight is 325 g/mol. The number of aliphatic hydroxyl groups is 1. The second kappa shape index (κ2) is 11.7. The molecule has 3 unspecified atom stereocenters. The van der Waals surface area contributed by atoms with Crippen LogP contribution < -0.4 is 11.8 Å². The van der Waals surface area contributed by atoms with Gasteiger partial charge in [0.1, 0.15) is 17.8 Å². The van der Waals surface area contributed by atoms with Gasteiger partial charge in [-0.1, -0.05) is 0 Å². The van der Waals surface area contributed by atoms with Gasteiger partial charge >= 0.3 is 0 Å². The van der Waals surface area contributed by atoms with Gasteiger partial charge in [0.05, 0.1) is 19.6 Å². The molecular formula is C12H27N3O7. The summed E-state index contributed by atoms with van der Waals surface area (Å²) in [4.78, 5) is 9.55. The van der Waals surface area contributed by atoms with Crippen molar-refractivity contribution in [3.05, 3.63) is 0 Å². The first kappa shape index (κ1) is 21.1. The zero-order chi connectivity index (χ0) is 17.0. The quantitative estimate of drug-likeness (QED) is 0.143. The summed E-state index contributed by atoms with van der Waals surface area (Å²) >= 11 is 0. The summed E-state index contributed by atoms with van der Waals surface area (Å²) in [6, 6.07) is 0. The number of hydrogen-bond donors (Lipinski definition) is 4. The van der Waals surface area contributed by atoms with Gasteiger partial charge in [-0.2, -0.15) is 0 Å². The van der Waals surface area contributed by atoms with Gasteiger partial charge in [-0.05, 0) is 0 Å². The Morgan fingerprint density at radius 3 is 2.18 bits per heavy atom. The molecule has 0 aliphatic heterocycles. The van der Waals surface area contributed by atoms with E-state index in [9.17, 15) is 5.11 Å². The zero-order valence-electron chi connectivity index (χ0n) is 13.2. The number of hydrogen-bond acceptors (Lipinski definition) is 10. The second-order valence-electron chi connectivity index (χ2n) is 4.75. The van der Waals surface area contributed by atoms with Crippen molar-refractivity contribution in [3.63, 3.8) is 0 Å². The van der Waals surface area contributed by atoms with Gasteiger partial charge < -0.3 is 24.1 Å². The van der Waals surface area contributed by atoms with Crippen molar-refractivity contribution in [1.82, 2.24) is 0 Å². The van der Waals surface area contributed by atoms with E-state index in [2.05, 4.69) is 0 Å². The van der Waals surface area contributed by atoms with Crippen LogP contribution in [0.5, 0.6) is 0 Å². The minimum atomic E-state index is -1.60. The fourth-order valence-electron chi connectivity index (χ4n) is 1.98. The van der Waals surface area contributed by atoms with Crippen molar-refractivity contribution < 1.29 is 33.7 Å². The summed E-state index contributed by atoms with van der Waals surface area (Å²) < 4.78 is 19.6. The van der Waals surface area contributed by atoms with Gasteiger partial charge in [0.25, 0.3) is 0 Å². The fourth-order valence-corrected chi connectivity index (χ4v) is 1.98. The Balaban J connectivity index is 5.04. The highest BCUT2D eigenvalue weighted by Crippen LogP contribution is 2.26. The smallest absolute Gasteiger partial charge is 0.190 e. The maximum Gasteiger partial charge on any atom is 0.190 e. The van der Waals surface area contributed by atoms with Gasteiger partial charge in [0.15, 0.2) is 12.7 Å². The van der Waals surface area contributed by atoms with Gasteiger partial charge in [0, 0.05) is 27.8 Å². The van der Waals surface area contributed by atoms with Crippen LogP contribution in [0.2, 0.25) is 0 Å². The summed E-state index contributed by atoms with van der Waals surface area (Å²) in [5, 5.41) is 18.6. The number of nitrogens with one attached hydrogen (secondary N) is 1. The van der Waals surface area contributed by atoms with Crippen LogP contribution >= 0.6 is 0 Å². The fraction of sp³-hybridized carbons (Fsp3) is 0.917. The monoisotopic (exact) mass is 325 g/mol. The van der Waals surface area contributed by atoms with Crippen molar-refractivity contribution >= 4 is 5.90 Å². The summed E-state index contributed by atoms with van der Waals surface area (Å²) in [6.07, 6.45) is -1.73. The van der Waals surface area contributed by atoms with Gasteiger partial charge in [0.2, 0.25) is 0 Å². The highest BCUT2D eigenvalue weighted by molar-refractivity contribution is 5.73. The maximum absolute atomic E-state index is 10.9. The number of rotatable bonds is 13. The Morgan fingerprint density at radius 2 is 1.73 bits per heavy atom. The van der Waals surface area contributed by atoms with E-state index >= 15 is 0 Å². The van der Waals surface area contributed by atoms with Crippen molar-refractivity contribution in [1.29, 1.82) is 5.41 Å². The van der Waals surface area contributed by atoms with E-state index in [0.29, 0.717) is 0 Å². The van der Waals surface area contributed by atoms with Crippen LogP contribution in [0.15, 0.2) is 0 Å². The molecule has 132 valence electrons. The molecule has 22 heavy (non-hydrogen) atoms.